The fraction of sp³-hybridized carbons (Fsp3) is 0.364. The molecule has 0 radical (unpaired) electrons. The molecule has 148 valence electrons. The molecule has 3 aromatic heterocycles. The molecule has 3 aromatic rings. The van der Waals surface area contributed by atoms with Crippen LogP contribution in [0.2, 0.25) is 0 Å². The zero-order valence-corrected chi connectivity index (χ0v) is 16.5. The van der Waals surface area contributed by atoms with E-state index in [4.69, 9.17) is 4.42 Å². The molecule has 1 saturated heterocycles. The van der Waals surface area contributed by atoms with Gasteiger partial charge in [-0.1, -0.05) is 6.07 Å². The maximum absolute atomic E-state index is 13.5. The monoisotopic (exact) mass is 389 g/mol. The van der Waals surface area contributed by atoms with Gasteiger partial charge in [0.25, 0.3) is 5.91 Å². The number of hydrogen-bond acceptors (Lipinski definition) is 6. The molecule has 1 N–H and O–H groups in total. The molecule has 1 amide bonds. The number of hydrogen-bond donors (Lipinski definition) is 1. The Hall–Kier alpha value is -3.22. The summed E-state index contributed by atoms with van der Waals surface area (Å²) in [6.45, 7) is 4.73. The number of aromatic nitrogens is 3. The summed E-state index contributed by atoms with van der Waals surface area (Å²) in [6, 6.07) is 6.28. The van der Waals surface area contributed by atoms with Gasteiger partial charge in [-0.05, 0) is 55.9 Å². The smallest absolute Gasteiger partial charge is 0.273 e. The first-order valence-electron chi connectivity index (χ1n) is 9.95. The summed E-state index contributed by atoms with van der Waals surface area (Å²) in [7, 11) is 0. The molecule has 2 aliphatic rings. The van der Waals surface area contributed by atoms with Gasteiger partial charge in [0.15, 0.2) is 0 Å². The van der Waals surface area contributed by atoms with Crippen LogP contribution in [0.1, 0.15) is 34.5 Å². The maximum atomic E-state index is 13.5. The molecule has 1 aliphatic carbocycles. The molecule has 0 spiro atoms. The van der Waals surface area contributed by atoms with Crippen LogP contribution in [0.3, 0.4) is 0 Å². The number of fused-ring (bicyclic) bond motifs is 2. The summed E-state index contributed by atoms with van der Waals surface area (Å²) in [5.74, 6) is 1.72. The predicted octanol–water partition coefficient (Wildman–Crippen LogP) is 3.46. The van der Waals surface area contributed by atoms with E-state index in [9.17, 15) is 4.79 Å². The molecule has 3 unspecified atom stereocenters. The SMILES string of the molecule is Cc1ccc(NC2CC3CC2N(C(=O)c2ncc(C)cc2-c2ncco2)C3)nc1. The quantitative estimate of drug-likeness (QED) is 0.736. The van der Waals surface area contributed by atoms with Crippen LogP contribution >= 0.6 is 0 Å². The van der Waals surface area contributed by atoms with Gasteiger partial charge in [-0.3, -0.25) is 4.79 Å². The van der Waals surface area contributed by atoms with Crippen molar-refractivity contribution in [2.75, 3.05) is 11.9 Å². The third-order valence-corrected chi connectivity index (χ3v) is 5.88. The third kappa shape index (κ3) is 3.26. The van der Waals surface area contributed by atoms with Gasteiger partial charge in [0.05, 0.1) is 17.8 Å². The zero-order valence-electron chi connectivity index (χ0n) is 16.5. The van der Waals surface area contributed by atoms with Crippen molar-refractivity contribution in [2.45, 2.75) is 38.8 Å². The van der Waals surface area contributed by atoms with Gasteiger partial charge in [-0.15, -0.1) is 0 Å². The highest BCUT2D eigenvalue weighted by atomic mass is 16.3. The Kier molecular flexibility index (Phi) is 4.30. The van der Waals surface area contributed by atoms with E-state index in [2.05, 4.69) is 20.3 Å². The Bertz CT molecular complexity index is 1030. The highest BCUT2D eigenvalue weighted by Gasteiger charge is 2.47. The molecule has 0 aromatic carbocycles. The van der Waals surface area contributed by atoms with E-state index in [0.29, 0.717) is 23.1 Å². The van der Waals surface area contributed by atoms with Crippen molar-refractivity contribution in [2.24, 2.45) is 5.92 Å². The first-order valence-corrected chi connectivity index (χ1v) is 9.95. The Morgan fingerprint density at radius 2 is 2.00 bits per heavy atom. The van der Waals surface area contributed by atoms with Crippen LogP contribution in [-0.2, 0) is 0 Å². The van der Waals surface area contributed by atoms with E-state index in [-0.39, 0.29) is 18.0 Å². The van der Waals surface area contributed by atoms with E-state index in [1.54, 1.807) is 12.4 Å². The van der Waals surface area contributed by atoms with Crippen molar-refractivity contribution in [3.63, 3.8) is 0 Å². The van der Waals surface area contributed by atoms with Crippen LogP contribution in [0.5, 0.6) is 0 Å². The van der Waals surface area contributed by atoms with Crippen LogP contribution < -0.4 is 5.32 Å². The second-order valence-corrected chi connectivity index (χ2v) is 8.08. The third-order valence-electron chi connectivity index (χ3n) is 5.88. The summed E-state index contributed by atoms with van der Waals surface area (Å²) >= 11 is 0. The van der Waals surface area contributed by atoms with Crippen molar-refractivity contribution < 1.29 is 9.21 Å². The number of amides is 1. The van der Waals surface area contributed by atoms with Gasteiger partial charge >= 0.3 is 0 Å². The number of piperidine rings is 1. The molecular formula is C22H23N5O2. The second kappa shape index (κ2) is 6.99. The van der Waals surface area contributed by atoms with E-state index < -0.39 is 0 Å². The number of anilines is 1. The average Bonchev–Trinajstić information content (AvgIpc) is 3.46. The van der Waals surface area contributed by atoms with Crippen LogP contribution in [0.25, 0.3) is 11.5 Å². The molecule has 7 nitrogen and oxygen atoms in total. The minimum atomic E-state index is -0.0611. The highest BCUT2D eigenvalue weighted by Crippen LogP contribution is 2.40. The van der Waals surface area contributed by atoms with Crippen molar-refractivity contribution in [3.8, 4) is 11.5 Å². The summed E-state index contributed by atoms with van der Waals surface area (Å²) in [6.07, 6.45) is 8.74. The number of nitrogens with one attached hydrogen (secondary N) is 1. The summed E-state index contributed by atoms with van der Waals surface area (Å²) in [5, 5.41) is 3.53. The lowest BCUT2D eigenvalue weighted by atomic mass is 10.0. The molecule has 2 bridgehead atoms. The van der Waals surface area contributed by atoms with E-state index in [1.807, 2.05) is 43.1 Å². The molecule has 3 atom stereocenters. The largest absolute Gasteiger partial charge is 0.444 e. The Labute approximate surface area is 169 Å². The number of likely N-dealkylation sites (tertiary alicyclic amines) is 1. The van der Waals surface area contributed by atoms with Gasteiger partial charge in [0, 0.05) is 25.0 Å². The maximum Gasteiger partial charge on any atom is 0.273 e. The number of oxazole rings is 1. The standard InChI is InChI=1S/C22H23N5O2/c1-13-3-4-19(24-10-13)26-17-8-15-9-18(17)27(12-15)22(28)20-16(7-14(2)11-25-20)21-23-5-6-29-21/h3-7,10-11,15,17-18H,8-9,12H2,1-2H3,(H,24,26). The van der Waals surface area contributed by atoms with Gasteiger partial charge in [0.2, 0.25) is 5.89 Å². The molecule has 1 saturated carbocycles. The molecule has 29 heavy (non-hydrogen) atoms. The molecule has 2 fully saturated rings. The van der Waals surface area contributed by atoms with Crippen molar-refractivity contribution in [3.05, 3.63) is 59.9 Å². The summed E-state index contributed by atoms with van der Waals surface area (Å²) in [4.78, 5) is 28.6. The fourth-order valence-corrected chi connectivity index (χ4v) is 4.55. The first-order chi connectivity index (χ1) is 14.1. The summed E-state index contributed by atoms with van der Waals surface area (Å²) in [5.41, 5.74) is 3.14. The Morgan fingerprint density at radius 3 is 2.72 bits per heavy atom. The molecule has 4 heterocycles. The fourth-order valence-electron chi connectivity index (χ4n) is 4.55. The van der Waals surface area contributed by atoms with E-state index >= 15 is 0 Å². The lowest BCUT2D eigenvalue weighted by Gasteiger charge is -2.34. The topological polar surface area (TPSA) is 84.2 Å². The highest BCUT2D eigenvalue weighted by molar-refractivity contribution is 5.98. The Balaban J connectivity index is 1.40. The van der Waals surface area contributed by atoms with Crippen molar-refractivity contribution >= 4 is 11.7 Å². The molecule has 7 heteroatoms. The zero-order chi connectivity index (χ0) is 20.0. The minimum Gasteiger partial charge on any atom is -0.444 e. The number of nitrogens with zero attached hydrogens (tertiary/aromatic N) is 4. The van der Waals surface area contributed by atoms with Gasteiger partial charge in [-0.2, -0.15) is 0 Å². The lowest BCUT2D eigenvalue weighted by molar-refractivity contribution is 0.0686. The number of rotatable bonds is 4. The number of carbonyl (C=O) groups is 1. The number of carbonyl (C=O) groups excluding carboxylic acids is 1. The van der Waals surface area contributed by atoms with Gasteiger partial charge in [-0.25, -0.2) is 15.0 Å². The van der Waals surface area contributed by atoms with Gasteiger partial charge < -0.3 is 14.6 Å². The lowest BCUT2D eigenvalue weighted by Crippen LogP contribution is -2.48. The molecular weight excluding hydrogens is 366 g/mol. The van der Waals surface area contributed by atoms with Crippen LogP contribution in [0, 0.1) is 19.8 Å². The Morgan fingerprint density at radius 1 is 1.14 bits per heavy atom. The number of pyridine rings is 2. The number of aryl methyl sites for hydroxylation is 2. The second-order valence-electron chi connectivity index (χ2n) is 8.08. The first kappa shape index (κ1) is 17.8. The normalized spacial score (nSPS) is 22.8. The van der Waals surface area contributed by atoms with E-state index in [1.165, 1.54) is 6.26 Å². The van der Waals surface area contributed by atoms with Gasteiger partial charge in [0.1, 0.15) is 17.8 Å². The molecule has 1 aliphatic heterocycles. The van der Waals surface area contributed by atoms with Crippen molar-refractivity contribution in [1.29, 1.82) is 0 Å². The minimum absolute atomic E-state index is 0.0611. The van der Waals surface area contributed by atoms with Crippen LogP contribution in [0.4, 0.5) is 5.82 Å². The van der Waals surface area contributed by atoms with Crippen molar-refractivity contribution in [1.82, 2.24) is 19.9 Å². The predicted molar refractivity (Wildman–Crippen MR) is 108 cm³/mol. The van der Waals surface area contributed by atoms with E-state index in [0.717, 1.165) is 36.3 Å². The summed E-state index contributed by atoms with van der Waals surface area (Å²) < 4.78 is 5.46. The van der Waals surface area contributed by atoms with Crippen LogP contribution in [-0.4, -0.2) is 44.4 Å². The average molecular weight is 389 g/mol. The van der Waals surface area contributed by atoms with Crippen LogP contribution in [0.15, 0.2) is 47.5 Å². The molecule has 5 rings (SSSR count).